The van der Waals surface area contributed by atoms with E-state index in [4.69, 9.17) is 11.6 Å². The summed E-state index contributed by atoms with van der Waals surface area (Å²) in [4.78, 5) is 20.2. The standard InChI is InChI=1S/C13H11BrClN3O/c1-7-5-9(14)3-4-10(7)12(19)18-13-16-8(2)6-11(15)17-13/h3-6H,1-2H3,(H,16,17,18,19). The van der Waals surface area contributed by atoms with E-state index in [0.29, 0.717) is 16.4 Å². The van der Waals surface area contributed by atoms with Crippen molar-refractivity contribution in [3.05, 3.63) is 50.7 Å². The Labute approximate surface area is 124 Å². The maximum atomic E-state index is 12.1. The van der Waals surface area contributed by atoms with Crippen LogP contribution in [0.4, 0.5) is 5.95 Å². The lowest BCUT2D eigenvalue weighted by Gasteiger charge is -2.07. The number of nitrogens with one attached hydrogen (secondary N) is 1. The highest BCUT2D eigenvalue weighted by atomic mass is 79.9. The van der Waals surface area contributed by atoms with Crippen molar-refractivity contribution < 1.29 is 4.79 Å². The fourth-order valence-corrected chi connectivity index (χ4v) is 2.35. The molecule has 1 heterocycles. The lowest BCUT2D eigenvalue weighted by atomic mass is 10.1. The lowest BCUT2D eigenvalue weighted by Crippen LogP contribution is -2.15. The first-order valence-corrected chi connectivity index (χ1v) is 6.71. The number of halogens is 2. The molecule has 0 aliphatic carbocycles. The van der Waals surface area contributed by atoms with E-state index in [1.54, 1.807) is 19.1 Å². The highest BCUT2D eigenvalue weighted by Crippen LogP contribution is 2.17. The van der Waals surface area contributed by atoms with Gasteiger partial charge in [0.15, 0.2) is 0 Å². The minimum atomic E-state index is -0.258. The molecule has 1 aromatic heterocycles. The molecular formula is C13H11BrClN3O. The number of hydrogen-bond donors (Lipinski definition) is 1. The van der Waals surface area contributed by atoms with Gasteiger partial charge < -0.3 is 0 Å². The molecule has 0 fully saturated rings. The zero-order valence-electron chi connectivity index (χ0n) is 10.4. The summed E-state index contributed by atoms with van der Waals surface area (Å²) in [5.41, 5.74) is 2.14. The van der Waals surface area contributed by atoms with E-state index in [0.717, 1.165) is 10.0 Å². The van der Waals surface area contributed by atoms with Gasteiger partial charge in [0, 0.05) is 15.7 Å². The number of amides is 1. The molecule has 1 aromatic carbocycles. The van der Waals surface area contributed by atoms with Crippen molar-refractivity contribution in [3.8, 4) is 0 Å². The molecule has 6 heteroatoms. The molecule has 1 amide bonds. The molecule has 0 radical (unpaired) electrons. The van der Waals surface area contributed by atoms with Crippen LogP contribution in [-0.4, -0.2) is 15.9 Å². The first kappa shape index (κ1) is 14.0. The van der Waals surface area contributed by atoms with Crippen LogP contribution in [0.2, 0.25) is 5.15 Å². The predicted molar refractivity (Wildman–Crippen MR) is 78.6 cm³/mol. The Balaban J connectivity index is 2.25. The van der Waals surface area contributed by atoms with E-state index < -0.39 is 0 Å². The maximum Gasteiger partial charge on any atom is 0.258 e. The number of rotatable bonds is 2. The van der Waals surface area contributed by atoms with E-state index in [9.17, 15) is 4.79 Å². The van der Waals surface area contributed by atoms with Gasteiger partial charge in [-0.1, -0.05) is 27.5 Å². The molecule has 0 saturated heterocycles. The predicted octanol–water partition coefficient (Wildman–Crippen LogP) is 3.76. The number of hydrogen-bond acceptors (Lipinski definition) is 3. The van der Waals surface area contributed by atoms with Crippen LogP contribution in [0, 0.1) is 13.8 Å². The quantitative estimate of drug-likeness (QED) is 0.847. The van der Waals surface area contributed by atoms with E-state index in [1.165, 1.54) is 0 Å². The Morgan fingerprint density at radius 2 is 2.00 bits per heavy atom. The number of anilines is 1. The molecule has 4 nitrogen and oxygen atoms in total. The largest absolute Gasteiger partial charge is 0.290 e. The molecular weight excluding hydrogens is 330 g/mol. The van der Waals surface area contributed by atoms with Gasteiger partial charge in [-0.3, -0.25) is 10.1 Å². The molecule has 0 unspecified atom stereocenters. The summed E-state index contributed by atoms with van der Waals surface area (Å²) in [5.74, 6) is -0.0519. The molecule has 0 spiro atoms. The monoisotopic (exact) mass is 339 g/mol. The van der Waals surface area contributed by atoms with Gasteiger partial charge >= 0.3 is 0 Å². The minimum absolute atomic E-state index is 0.206. The Kier molecular flexibility index (Phi) is 4.17. The summed E-state index contributed by atoms with van der Waals surface area (Å²) in [6, 6.07) is 7.05. The summed E-state index contributed by atoms with van der Waals surface area (Å²) in [6.07, 6.45) is 0. The summed E-state index contributed by atoms with van der Waals surface area (Å²) in [7, 11) is 0. The van der Waals surface area contributed by atoms with Gasteiger partial charge in [0.1, 0.15) is 5.15 Å². The van der Waals surface area contributed by atoms with Crippen LogP contribution in [0.15, 0.2) is 28.7 Å². The topological polar surface area (TPSA) is 54.9 Å². The van der Waals surface area contributed by atoms with Crippen LogP contribution < -0.4 is 5.32 Å². The van der Waals surface area contributed by atoms with Crippen molar-refractivity contribution in [2.24, 2.45) is 0 Å². The van der Waals surface area contributed by atoms with Crippen molar-refractivity contribution >= 4 is 39.4 Å². The van der Waals surface area contributed by atoms with E-state index >= 15 is 0 Å². The van der Waals surface area contributed by atoms with Gasteiger partial charge in [-0.25, -0.2) is 9.97 Å². The van der Waals surface area contributed by atoms with Crippen LogP contribution in [-0.2, 0) is 0 Å². The number of benzene rings is 1. The molecule has 2 rings (SSSR count). The number of carbonyl (C=O) groups excluding carboxylic acids is 1. The molecule has 98 valence electrons. The molecule has 19 heavy (non-hydrogen) atoms. The minimum Gasteiger partial charge on any atom is -0.290 e. The number of aromatic nitrogens is 2. The van der Waals surface area contributed by atoms with Gasteiger partial charge in [0.05, 0.1) is 0 Å². The van der Waals surface area contributed by atoms with Crippen LogP contribution in [0.1, 0.15) is 21.6 Å². The van der Waals surface area contributed by atoms with Crippen molar-refractivity contribution in [1.82, 2.24) is 9.97 Å². The number of nitrogens with zero attached hydrogens (tertiary/aromatic N) is 2. The first-order chi connectivity index (χ1) is 8.95. The van der Waals surface area contributed by atoms with Crippen molar-refractivity contribution in [2.75, 3.05) is 5.32 Å². The van der Waals surface area contributed by atoms with Crippen molar-refractivity contribution in [3.63, 3.8) is 0 Å². The fourth-order valence-electron chi connectivity index (χ4n) is 1.64. The summed E-state index contributed by atoms with van der Waals surface area (Å²) in [6.45, 7) is 3.65. The molecule has 0 saturated carbocycles. The average molecular weight is 341 g/mol. The normalized spacial score (nSPS) is 10.3. The van der Waals surface area contributed by atoms with Crippen LogP contribution >= 0.6 is 27.5 Å². The van der Waals surface area contributed by atoms with E-state index in [1.807, 2.05) is 19.1 Å². The van der Waals surface area contributed by atoms with Gasteiger partial charge in [0.2, 0.25) is 5.95 Å². The SMILES string of the molecule is Cc1cc(Cl)nc(NC(=O)c2ccc(Br)cc2C)n1. The molecule has 0 aliphatic heterocycles. The third-order valence-corrected chi connectivity index (χ3v) is 3.17. The number of carbonyl (C=O) groups is 1. The Morgan fingerprint density at radius 3 is 2.63 bits per heavy atom. The average Bonchev–Trinajstić information content (AvgIpc) is 2.26. The highest BCUT2D eigenvalue weighted by Gasteiger charge is 2.11. The number of aryl methyl sites for hydroxylation is 2. The lowest BCUT2D eigenvalue weighted by molar-refractivity contribution is 0.102. The molecule has 2 aromatic rings. The van der Waals surface area contributed by atoms with Crippen molar-refractivity contribution in [2.45, 2.75) is 13.8 Å². The van der Waals surface area contributed by atoms with Crippen LogP contribution in [0.25, 0.3) is 0 Å². The Morgan fingerprint density at radius 1 is 1.26 bits per heavy atom. The van der Waals surface area contributed by atoms with E-state index in [2.05, 4.69) is 31.2 Å². The second-order valence-electron chi connectivity index (χ2n) is 4.07. The second kappa shape index (κ2) is 5.67. The molecule has 1 N–H and O–H groups in total. The first-order valence-electron chi connectivity index (χ1n) is 5.54. The Hall–Kier alpha value is -1.46. The Bertz CT molecular complexity index is 626. The third kappa shape index (κ3) is 3.52. The summed E-state index contributed by atoms with van der Waals surface area (Å²) < 4.78 is 0.927. The van der Waals surface area contributed by atoms with Gasteiger partial charge in [-0.05, 0) is 43.7 Å². The summed E-state index contributed by atoms with van der Waals surface area (Å²) >= 11 is 9.18. The molecule has 0 atom stereocenters. The van der Waals surface area contributed by atoms with E-state index in [-0.39, 0.29) is 11.9 Å². The zero-order valence-corrected chi connectivity index (χ0v) is 12.7. The smallest absolute Gasteiger partial charge is 0.258 e. The third-order valence-electron chi connectivity index (χ3n) is 2.48. The van der Waals surface area contributed by atoms with Crippen molar-refractivity contribution in [1.29, 1.82) is 0 Å². The van der Waals surface area contributed by atoms with Gasteiger partial charge in [-0.2, -0.15) is 0 Å². The fraction of sp³-hybridized carbons (Fsp3) is 0.154. The van der Waals surface area contributed by atoms with Gasteiger partial charge in [0.25, 0.3) is 5.91 Å². The molecule has 0 bridgehead atoms. The molecule has 0 aliphatic rings. The maximum absolute atomic E-state index is 12.1. The zero-order chi connectivity index (χ0) is 14.0. The van der Waals surface area contributed by atoms with Crippen LogP contribution in [0.3, 0.4) is 0 Å². The van der Waals surface area contributed by atoms with Gasteiger partial charge in [-0.15, -0.1) is 0 Å². The van der Waals surface area contributed by atoms with Crippen LogP contribution in [0.5, 0.6) is 0 Å². The summed E-state index contributed by atoms with van der Waals surface area (Å²) in [5, 5.41) is 2.94. The highest BCUT2D eigenvalue weighted by molar-refractivity contribution is 9.10. The second-order valence-corrected chi connectivity index (χ2v) is 5.37.